The van der Waals surface area contributed by atoms with Crippen LogP contribution >= 0.6 is 0 Å². The Balaban J connectivity index is 2.46. The number of methoxy groups -OCH3 is 1. The lowest BCUT2D eigenvalue weighted by molar-refractivity contribution is 0.0601. The van der Waals surface area contributed by atoms with Gasteiger partial charge in [0.2, 0.25) is 0 Å². The lowest BCUT2D eigenvalue weighted by Gasteiger charge is -2.05. The third kappa shape index (κ3) is 2.67. The SMILES string of the molecule is CCCCn1ncc(C(=O)OC)c1-c1cc(C)on1. The van der Waals surface area contributed by atoms with Crippen LogP contribution in [0.5, 0.6) is 0 Å². The van der Waals surface area contributed by atoms with Crippen molar-refractivity contribution in [2.75, 3.05) is 7.11 Å². The second kappa shape index (κ2) is 5.69. The summed E-state index contributed by atoms with van der Waals surface area (Å²) >= 11 is 0. The van der Waals surface area contributed by atoms with E-state index in [1.807, 2.05) is 0 Å². The molecule has 102 valence electrons. The van der Waals surface area contributed by atoms with Crippen molar-refractivity contribution in [2.24, 2.45) is 0 Å². The summed E-state index contributed by atoms with van der Waals surface area (Å²) in [5.74, 6) is 0.271. The highest BCUT2D eigenvalue weighted by Gasteiger charge is 2.21. The fourth-order valence-electron chi connectivity index (χ4n) is 1.87. The summed E-state index contributed by atoms with van der Waals surface area (Å²) in [6, 6.07) is 1.78. The molecule has 0 saturated heterocycles. The van der Waals surface area contributed by atoms with E-state index in [2.05, 4.69) is 17.2 Å². The maximum atomic E-state index is 11.8. The average molecular weight is 263 g/mol. The summed E-state index contributed by atoms with van der Waals surface area (Å²) in [6.07, 6.45) is 3.54. The van der Waals surface area contributed by atoms with Crippen LogP contribution in [0.4, 0.5) is 0 Å². The molecule has 0 radical (unpaired) electrons. The van der Waals surface area contributed by atoms with Crippen molar-refractivity contribution in [3.63, 3.8) is 0 Å². The van der Waals surface area contributed by atoms with Crippen LogP contribution in [0.2, 0.25) is 0 Å². The van der Waals surface area contributed by atoms with E-state index in [0.717, 1.165) is 19.4 Å². The van der Waals surface area contributed by atoms with E-state index in [1.165, 1.54) is 13.3 Å². The largest absolute Gasteiger partial charge is 0.465 e. The normalized spacial score (nSPS) is 10.7. The Morgan fingerprint density at radius 2 is 2.32 bits per heavy atom. The van der Waals surface area contributed by atoms with Crippen molar-refractivity contribution in [3.05, 3.63) is 23.6 Å². The van der Waals surface area contributed by atoms with Crippen LogP contribution < -0.4 is 0 Å². The summed E-state index contributed by atoms with van der Waals surface area (Å²) < 4.78 is 11.6. The van der Waals surface area contributed by atoms with E-state index in [9.17, 15) is 4.79 Å². The number of hydrogen-bond acceptors (Lipinski definition) is 5. The summed E-state index contributed by atoms with van der Waals surface area (Å²) in [4.78, 5) is 11.8. The molecule has 0 fully saturated rings. The van der Waals surface area contributed by atoms with Crippen LogP contribution in [-0.2, 0) is 11.3 Å². The van der Waals surface area contributed by atoms with E-state index in [1.54, 1.807) is 17.7 Å². The number of nitrogens with zero attached hydrogens (tertiary/aromatic N) is 3. The maximum Gasteiger partial charge on any atom is 0.341 e. The molecule has 0 aliphatic heterocycles. The van der Waals surface area contributed by atoms with E-state index < -0.39 is 5.97 Å². The Morgan fingerprint density at radius 3 is 2.89 bits per heavy atom. The monoisotopic (exact) mass is 263 g/mol. The lowest BCUT2D eigenvalue weighted by Crippen LogP contribution is -2.06. The van der Waals surface area contributed by atoms with Gasteiger partial charge in [-0.25, -0.2) is 4.79 Å². The fourth-order valence-corrected chi connectivity index (χ4v) is 1.87. The van der Waals surface area contributed by atoms with E-state index >= 15 is 0 Å². The molecule has 2 aromatic rings. The summed E-state index contributed by atoms with van der Waals surface area (Å²) in [5, 5.41) is 8.20. The van der Waals surface area contributed by atoms with Gasteiger partial charge in [0.25, 0.3) is 0 Å². The van der Waals surface area contributed by atoms with Gasteiger partial charge >= 0.3 is 5.97 Å². The molecule has 2 heterocycles. The van der Waals surface area contributed by atoms with E-state index in [0.29, 0.717) is 22.7 Å². The van der Waals surface area contributed by atoms with Gasteiger partial charge in [-0.2, -0.15) is 5.10 Å². The molecule has 0 saturated carbocycles. The topological polar surface area (TPSA) is 70.2 Å². The zero-order chi connectivity index (χ0) is 13.8. The minimum Gasteiger partial charge on any atom is -0.465 e. The fraction of sp³-hybridized carbons (Fsp3) is 0.462. The second-order valence-electron chi connectivity index (χ2n) is 4.30. The Kier molecular flexibility index (Phi) is 3.99. The Bertz CT molecular complexity index is 571. The molecular weight excluding hydrogens is 246 g/mol. The minimum absolute atomic E-state index is 0.409. The lowest BCUT2D eigenvalue weighted by atomic mass is 10.2. The molecular formula is C13H17N3O3. The van der Waals surface area contributed by atoms with Crippen LogP contribution in [0.1, 0.15) is 35.9 Å². The van der Waals surface area contributed by atoms with Gasteiger partial charge in [0, 0.05) is 12.6 Å². The first-order valence-electron chi connectivity index (χ1n) is 6.25. The summed E-state index contributed by atoms with van der Waals surface area (Å²) in [7, 11) is 1.35. The molecule has 0 aliphatic carbocycles. The van der Waals surface area contributed by atoms with Gasteiger partial charge in [-0.1, -0.05) is 18.5 Å². The molecule has 2 rings (SSSR count). The third-order valence-corrected chi connectivity index (χ3v) is 2.84. The van der Waals surface area contributed by atoms with Gasteiger partial charge in [0.15, 0.2) is 0 Å². The Morgan fingerprint density at radius 1 is 1.53 bits per heavy atom. The number of carbonyl (C=O) groups is 1. The number of ether oxygens (including phenoxy) is 1. The second-order valence-corrected chi connectivity index (χ2v) is 4.30. The van der Waals surface area contributed by atoms with Crippen molar-refractivity contribution in [1.29, 1.82) is 0 Å². The highest BCUT2D eigenvalue weighted by Crippen LogP contribution is 2.24. The van der Waals surface area contributed by atoms with Crippen molar-refractivity contribution in [3.8, 4) is 11.4 Å². The van der Waals surface area contributed by atoms with Gasteiger partial charge in [0.1, 0.15) is 22.7 Å². The molecule has 0 N–H and O–H groups in total. The quantitative estimate of drug-likeness (QED) is 0.775. The molecule has 6 heteroatoms. The van der Waals surface area contributed by atoms with Gasteiger partial charge in [-0.15, -0.1) is 0 Å². The molecule has 0 aromatic carbocycles. The zero-order valence-corrected chi connectivity index (χ0v) is 11.3. The molecule has 0 amide bonds. The highest BCUT2D eigenvalue weighted by atomic mass is 16.5. The number of aromatic nitrogens is 3. The number of rotatable bonds is 5. The molecule has 0 atom stereocenters. The maximum absolute atomic E-state index is 11.8. The van der Waals surface area contributed by atoms with E-state index in [4.69, 9.17) is 9.26 Å². The summed E-state index contributed by atoms with van der Waals surface area (Å²) in [6.45, 7) is 4.64. The van der Waals surface area contributed by atoms with Crippen LogP contribution in [0.15, 0.2) is 16.8 Å². The average Bonchev–Trinajstić information content (AvgIpc) is 3.01. The molecule has 0 aliphatic rings. The van der Waals surface area contributed by atoms with Crippen LogP contribution in [0.25, 0.3) is 11.4 Å². The molecule has 19 heavy (non-hydrogen) atoms. The number of aryl methyl sites for hydroxylation is 2. The van der Waals surface area contributed by atoms with Gasteiger partial charge in [-0.3, -0.25) is 4.68 Å². The van der Waals surface area contributed by atoms with Crippen molar-refractivity contribution in [2.45, 2.75) is 33.2 Å². The van der Waals surface area contributed by atoms with Crippen LogP contribution in [-0.4, -0.2) is 28.0 Å². The summed E-state index contributed by atoms with van der Waals surface area (Å²) in [5.41, 5.74) is 1.66. The standard InChI is InChI=1S/C13H17N3O3/c1-4-5-6-16-12(11-7-9(2)19-15-11)10(8-14-16)13(17)18-3/h7-8H,4-6H2,1-3H3. The highest BCUT2D eigenvalue weighted by molar-refractivity contribution is 5.95. The Labute approximate surface area is 111 Å². The van der Waals surface area contributed by atoms with Crippen LogP contribution in [0.3, 0.4) is 0 Å². The molecule has 0 bridgehead atoms. The van der Waals surface area contributed by atoms with Gasteiger partial charge < -0.3 is 9.26 Å². The van der Waals surface area contributed by atoms with Crippen molar-refractivity contribution < 1.29 is 14.1 Å². The number of esters is 1. The van der Waals surface area contributed by atoms with E-state index in [-0.39, 0.29) is 0 Å². The predicted molar refractivity (Wildman–Crippen MR) is 68.7 cm³/mol. The first kappa shape index (κ1) is 13.3. The Hall–Kier alpha value is -2.11. The zero-order valence-electron chi connectivity index (χ0n) is 11.3. The molecule has 6 nitrogen and oxygen atoms in total. The smallest absolute Gasteiger partial charge is 0.341 e. The molecule has 0 spiro atoms. The number of carbonyl (C=O) groups excluding carboxylic acids is 1. The first-order valence-corrected chi connectivity index (χ1v) is 6.25. The predicted octanol–water partition coefficient (Wildman–Crippen LogP) is 2.43. The van der Waals surface area contributed by atoms with Crippen molar-refractivity contribution in [1.82, 2.24) is 14.9 Å². The number of hydrogen-bond donors (Lipinski definition) is 0. The third-order valence-electron chi connectivity index (χ3n) is 2.84. The van der Waals surface area contributed by atoms with Gasteiger partial charge in [-0.05, 0) is 13.3 Å². The molecule has 2 aromatic heterocycles. The number of unbranched alkanes of at least 4 members (excludes halogenated alkanes) is 1. The molecule has 0 unspecified atom stereocenters. The van der Waals surface area contributed by atoms with Crippen LogP contribution in [0, 0.1) is 6.92 Å². The first-order chi connectivity index (χ1) is 9.17. The van der Waals surface area contributed by atoms with Gasteiger partial charge in [0.05, 0.1) is 13.3 Å². The van der Waals surface area contributed by atoms with Crippen molar-refractivity contribution >= 4 is 5.97 Å². The minimum atomic E-state index is -0.418.